The predicted octanol–water partition coefficient (Wildman–Crippen LogP) is 3.30. The molecule has 0 aliphatic heterocycles. The zero-order valence-electron chi connectivity index (χ0n) is 10.7. The van der Waals surface area contributed by atoms with Gasteiger partial charge in [-0.1, -0.05) is 6.92 Å². The summed E-state index contributed by atoms with van der Waals surface area (Å²) < 4.78 is 7.55. The van der Waals surface area contributed by atoms with E-state index in [0.717, 1.165) is 22.0 Å². The van der Waals surface area contributed by atoms with Crippen molar-refractivity contribution in [1.82, 2.24) is 9.38 Å². The molecule has 0 saturated carbocycles. The van der Waals surface area contributed by atoms with E-state index >= 15 is 0 Å². The van der Waals surface area contributed by atoms with Crippen LogP contribution in [0.3, 0.4) is 0 Å². The van der Waals surface area contributed by atoms with E-state index in [0.29, 0.717) is 5.75 Å². The van der Waals surface area contributed by atoms with Gasteiger partial charge in [-0.05, 0) is 12.5 Å². The summed E-state index contributed by atoms with van der Waals surface area (Å²) in [6.45, 7) is 2.26. The number of aromatic nitrogens is 2. The smallest absolute Gasteiger partial charge is 0.349 e. The first-order valence-electron chi connectivity index (χ1n) is 6.07. The number of hydrogen-bond donors (Lipinski definition) is 1. The van der Waals surface area contributed by atoms with Crippen molar-refractivity contribution in [3.63, 3.8) is 0 Å². The first kappa shape index (κ1) is 13.1. The number of ether oxygens (including phenoxy) is 1. The summed E-state index contributed by atoms with van der Waals surface area (Å²) in [5.41, 5.74) is 0.789. The largest absolute Gasteiger partial charge is 0.485 e. The average Bonchev–Trinajstić information content (AvgIpc) is 3.09. The lowest BCUT2D eigenvalue weighted by Gasteiger charge is -2.02. The van der Waals surface area contributed by atoms with Crippen LogP contribution in [0.25, 0.3) is 4.96 Å². The van der Waals surface area contributed by atoms with Crippen LogP contribution in [0.15, 0.2) is 23.8 Å². The summed E-state index contributed by atoms with van der Waals surface area (Å²) in [6.07, 6.45) is 4.62. The molecule has 0 amide bonds. The second-order valence-corrected chi connectivity index (χ2v) is 6.19. The lowest BCUT2D eigenvalue weighted by atomic mass is 10.3. The highest BCUT2D eigenvalue weighted by Crippen LogP contribution is 2.30. The van der Waals surface area contributed by atoms with Crippen molar-refractivity contribution in [3.05, 3.63) is 39.3 Å². The molecule has 0 aliphatic carbocycles. The Hall–Kier alpha value is -1.86. The molecule has 0 atom stereocenters. The van der Waals surface area contributed by atoms with E-state index in [-0.39, 0.29) is 11.5 Å². The summed E-state index contributed by atoms with van der Waals surface area (Å²) >= 11 is 2.81. The Morgan fingerprint density at radius 1 is 1.55 bits per heavy atom. The van der Waals surface area contributed by atoms with Gasteiger partial charge in [0, 0.05) is 22.7 Å². The Labute approximate surface area is 123 Å². The number of carboxylic acid groups (broad SMARTS) is 1. The molecule has 3 aromatic heterocycles. The van der Waals surface area contributed by atoms with E-state index in [9.17, 15) is 4.79 Å². The van der Waals surface area contributed by atoms with Crippen LogP contribution in [-0.4, -0.2) is 20.5 Å². The summed E-state index contributed by atoms with van der Waals surface area (Å²) in [6, 6.07) is 1.80. The molecule has 0 unspecified atom stereocenters. The highest BCUT2D eigenvalue weighted by Gasteiger charge is 2.16. The van der Waals surface area contributed by atoms with Crippen LogP contribution in [0.4, 0.5) is 0 Å². The third-order valence-electron chi connectivity index (χ3n) is 2.81. The number of carboxylic acids is 1. The second-order valence-electron chi connectivity index (χ2n) is 4.18. The molecule has 3 heterocycles. The van der Waals surface area contributed by atoms with Gasteiger partial charge in [-0.2, -0.15) is 0 Å². The zero-order chi connectivity index (χ0) is 14.1. The minimum Gasteiger partial charge on any atom is -0.485 e. The molecule has 1 N–H and O–H groups in total. The number of aryl methyl sites for hydroxylation is 1. The van der Waals surface area contributed by atoms with Gasteiger partial charge in [0.15, 0.2) is 9.84 Å². The lowest BCUT2D eigenvalue weighted by molar-refractivity contribution is 0.0697. The quantitative estimate of drug-likeness (QED) is 0.785. The van der Waals surface area contributed by atoms with Crippen LogP contribution in [-0.2, 0) is 13.0 Å². The normalized spacial score (nSPS) is 11.1. The molecule has 3 rings (SSSR count). The van der Waals surface area contributed by atoms with Crippen molar-refractivity contribution in [2.45, 2.75) is 20.0 Å². The van der Waals surface area contributed by atoms with Crippen LogP contribution in [0.1, 0.15) is 27.2 Å². The fourth-order valence-corrected chi connectivity index (χ4v) is 3.45. The summed E-state index contributed by atoms with van der Waals surface area (Å²) in [7, 11) is 0. The summed E-state index contributed by atoms with van der Waals surface area (Å²) in [5, 5.41) is 11.1. The monoisotopic (exact) mass is 308 g/mol. The Morgan fingerprint density at radius 3 is 3.10 bits per heavy atom. The number of rotatable bonds is 5. The Bertz CT molecular complexity index is 728. The van der Waals surface area contributed by atoms with Gasteiger partial charge in [-0.3, -0.25) is 4.40 Å². The molecular formula is C13H12N2O3S2. The molecule has 5 nitrogen and oxygen atoms in total. The van der Waals surface area contributed by atoms with E-state index in [1.807, 2.05) is 29.1 Å². The van der Waals surface area contributed by atoms with Gasteiger partial charge in [-0.25, -0.2) is 9.78 Å². The number of aromatic carboxylic acids is 1. The molecule has 3 aromatic rings. The standard InChI is InChI=1S/C13H12N2O3S2/c1-2-9-5-10(11(20-9)12(16)17)18-7-8-6-15-3-4-19-13(15)14-8/h3-6H,2,7H2,1H3,(H,16,17). The van der Waals surface area contributed by atoms with Crippen molar-refractivity contribution in [2.75, 3.05) is 0 Å². The van der Waals surface area contributed by atoms with Gasteiger partial charge in [0.25, 0.3) is 0 Å². The van der Waals surface area contributed by atoms with Crippen LogP contribution in [0.2, 0.25) is 0 Å². The van der Waals surface area contributed by atoms with Crippen LogP contribution >= 0.6 is 22.7 Å². The van der Waals surface area contributed by atoms with Crippen molar-refractivity contribution >= 4 is 33.6 Å². The van der Waals surface area contributed by atoms with Gasteiger partial charge in [0.2, 0.25) is 0 Å². The van der Waals surface area contributed by atoms with E-state index < -0.39 is 5.97 Å². The summed E-state index contributed by atoms with van der Waals surface area (Å²) in [5.74, 6) is -0.522. The molecule has 0 aliphatic rings. The Kier molecular flexibility index (Phi) is 3.45. The number of carbonyl (C=O) groups is 1. The fourth-order valence-electron chi connectivity index (χ4n) is 1.85. The molecule has 104 valence electrons. The van der Waals surface area contributed by atoms with Crippen LogP contribution in [0, 0.1) is 0 Å². The fraction of sp³-hybridized carbons (Fsp3) is 0.231. The van der Waals surface area contributed by atoms with Gasteiger partial charge in [0.05, 0.1) is 5.69 Å². The molecule has 0 radical (unpaired) electrons. The SMILES string of the molecule is CCc1cc(OCc2cn3ccsc3n2)c(C(=O)O)s1. The van der Waals surface area contributed by atoms with E-state index in [4.69, 9.17) is 9.84 Å². The number of nitrogens with zero attached hydrogens (tertiary/aromatic N) is 2. The lowest BCUT2D eigenvalue weighted by Crippen LogP contribution is -2.00. The molecular weight excluding hydrogens is 296 g/mol. The number of hydrogen-bond acceptors (Lipinski definition) is 5. The van der Waals surface area contributed by atoms with Crippen LogP contribution < -0.4 is 4.74 Å². The van der Waals surface area contributed by atoms with Gasteiger partial charge < -0.3 is 9.84 Å². The van der Waals surface area contributed by atoms with Crippen molar-refractivity contribution in [2.24, 2.45) is 0 Å². The predicted molar refractivity (Wildman–Crippen MR) is 78.1 cm³/mol. The molecule has 0 bridgehead atoms. The minimum absolute atomic E-state index is 0.253. The van der Waals surface area contributed by atoms with Gasteiger partial charge >= 0.3 is 5.97 Å². The third kappa shape index (κ3) is 2.41. The molecule has 0 aromatic carbocycles. The minimum atomic E-state index is -0.949. The van der Waals surface area contributed by atoms with Crippen molar-refractivity contribution < 1.29 is 14.6 Å². The second kappa shape index (κ2) is 5.26. The maximum atomic E-state index is 11.2. The van der Waals surface area contributed by atoms with Gasteiger partial charge in [0.1, 0.15) is 12.4 Å². The molecule has 0 fully saturated rings. The zero-order valence-corrected chi connectivity index (χ0v) is 12.3. The van der Waals surface area contributed by atoms with Crippen LogP contribution in [0.5, 0.6) is 5.75 Å². The van der Waals surface area contributed by atoms with Crippen molar-refractivity contribution in [3.8, 4) is 5.75 Å². The van der Waals surface area contributed by atoms with E-state index in [1.165, 1.54) is 11.3 Å². The third-order valence-corrected chi connectivity index (χ3v) is 4.83. The van der Waals surface area contributed by atoms with E-state index in [1.54, 1.807) is 17.4 Å². The Balaban J connectivity index is 1.79. The van der Waals surface area contributed by atoms with Gasteiger partial charge in [-0.15, -0.1) is 22.7 Å². The topological polar surface area (TPSA) is 63.8 Å². The summed E-state index contributed by atoms with van der Waals surface area (Å²) in [4.78, 5) is 17.7. The number of thiazole rings is 1. The van der Waals surface area contributed by atoms with Crippen molar-refractivity contribution in [1.29, 1.82) is 0 Å². The van der Waals surface area contributed by atoms with E-state index in [2.05, 4.69) is 4.98 Å². The maximum Gasteiger partial charge on any atom is 0.349 e. The molecule has 20 heavy (non-hydrogen) atoms. The molecule has 7 heteroatoms. The average molecular weight is 308 g/mol. The molecule has 0 spiro atoms. The first-order chi connectivity index (χ1) is 9.67. The number of thiophene rings is 1. The maximum absolute atomic E-state index is 11.2. The molecule has 0 saturated heterocycles. The highest BCUT2D eigenvalue weighted by atomic mass is 32.1. The number of fused-ring (bicyclic) bond motifs is 1. The highest BCUT2D eigenvalue weighted by molar-refractivity contribution is 7.15. The first-order valence-corrected chi connectivity index (χ1v) is 7.77. The number of imidazole rings is 1. The Morgan fingerprint density at radius 2 is 2.40 bits per heavy atom.